The number of rotatable bonds is 5. The van der Waals surface area contributed by atoms with Crippen molar-refractivity contribution in [3.8, 4) is 0 Å². The Morgan fingerprint density at radius 1 is 1.24 bits per heavy atom. The predicted octanol–water partition coefficient (Wildman–Crippen LogP) is 3.24. The molecule has 1 aromatic heterocycles. The van der Waals surface area contributed by atoms with Gasteiger partial charge in [-0.15, -0.1) is 0 Å². The standard InChI is InChI=1S/C12H14N2O6S/c15-10(16)7-12(4-2-1-3-5-12)11-8(13(17)18)6-9(21-11)14(19)20/h6H,1-5,7H2,(H,15,16). The molecule has 1 aromatic rings. The molecule has 1 aliphatic rings. The van der Waals surface area contributed by atoms with Gasteiger partial charge in [-0.1, -0.05) is 30.6 Å². The van der Waals surface area contributed by atoms with Crippen LogP contribution in [0.2, 0.25) is 0 Å². The van der Waals surface area contributed by atoms with Crippen molar-refractivity contribution in [1.29, 1.82) is 0 Å². The van der Waals surface area contributed by atoms with Crippen LogP contribution >= 0.6 is 11.3 Å². The van der Waals surface area contributed by atoms with E-state index in [9.17, 15) is 25.0 Å². The normalized spacial score (nSPS) is 17.3. The van der Waals surface area contributed by atoms with Gasteiger partial charge in [-0.25, -0.2) is 0 Å². The number of carbonyl (C=O) groups is 1. The first-order valence-corrected chi connectivity index (χ1v) is 7.32. The fourth-order valence-corrected chi connectivity index (χ4v) is 4.16. The zero-order valence-corrected chi connectivity index (χ0v) is 11.9. The molecule has 9 heteroatoms. The molecule has 21 heavy (non-hydrogen) atoms. The number of nitro groups is 2. The molecule has 1 N–H and O–H groups in total. The maximum absolute atomic E-state index is 11.2. The molecule has 0 aliphatic heterocycles. The van der Waals surface area contributed by atoms with Crippen LogP contribution in [0, 0.1) is 20.2 Å². The molecular formula is C12H14N2O6S. The summed E-state index contributed by atoms with van der Waals surface area (Å²) in [7, 11) is 0. The Balaban J connectivity index is 2.55. The van der Waals surface area contributed by atoms with E-state index in [1.807, 2.05) is 0 Å². The third kappa shape index (κ3) is 3.02. The third-order valence-electron chi connectivity index (χ3n) is 3.86. The van der Waals surface area contributed by atoms with Crippen molar-refractivity contribution >= 4 is 28.0 Å². The highest BCUT2D eigenvalue weighted by Crippen LogP contribution is 2.50. The second kappa shape index (κ2) is 5.76. The minimum Gasteiger partial charge on any atom is -0.481 e. The van der Waals surface area contributed by atoms with Crippen LogP contribution in [0.5, 0.6) is 0 Å². The number of thiophene rings is 1. The van der Waals surface area contributed by atoms with Gasteiger partial charge in [-0.05, 0) is 12.8 Å². The summed E-state index contributed by atoms with van der Waals surface area (Å²) in [5, 5.41) is 30.9. The van der Waals surface area contributed by atoms with Crippen molar-refractivity contribution < 1.29 is 19.7 Å². The summed E-state index contributed by atoms with van der Waals surface area (Å²) in [6, 6.07) is 0.943. The topological polar surface area (TPSA) is 124 Å². The number of hydrogen-bond donors (Lipinski definition) is 1. The Kier molecular flexibility index (Phi) is 4.21. The lowest BCUT2D eigenvalue weighted by Crippen LogP contribution is -2.31. The van der Waals surface area contributed by atoms with Crippen molar-refractivity contribution in [2.24, 2.45) is 0 Å². The first-order valence-electron chi connectivity index (χ1n) is 6.51. The summed E-state index contributed by atoms with van der Waals surface area (Å²) in [6.07, 6.45) is 3.29. The molecule has 2 rings (SSSR count). The highest BCUT2D eigenvalue weighted by molar-refractivity contribution is 7.16. The molecule has 0 radical (unpaired) electrons. The summed E-state index contributed by atoms with van der Waals surface area (Å²) in [4.78, 5) is 32.1. The van der Waals surface area contributed by atoms with Gasteiger partial charge >= 0.3 is 11.0 Å². The Hall–Kier alpha value is -2.03. The van der Waals surface area contributed by atoms with Gasteiger partial charge in [0.25, 0.3) is 5.69 Å². The fraction of sp³-hybridized carbons (Fsp3) is 0.583. The fourth-order valence-electron chi connectivity index (χ4n) is 2.98. The summed E-state index contributed by atoms with van der Waals surface area (Å²) in [5.41, 5.74) is -1.18. The zero-order chi connectivity index (χ0) is 15.6. The molecule has 114 valence electrons. The van der Waals surface area contributed by atoms with Gasteiger partial charge in [0.05, 0.1) is 21.1 Å². The Morgan fingerprint density at radius 2 is 1.86 bits per heavy atom. The highest BCUT2D eigenvalue weighted by Gasteiger charge is 2.44. The number of carboxylic acids is 1. The van der Waals surface area contributed by atoms with Crippen LogP contribution in [0.15, 0.2) is 6.07 Å². The van der Waals surface area contributed by atoms with Gasteiger partial charge in [-0.2, -0.15) is 0 Å². The van der Waals surface area contributed by atoms with Crippen molar-refractivity contribution in [3.63, 3.8) is 0 Å². The lowest BCUT2D eigenvalue weighted by molar-refractivity contribution is -0.390. The second-order valence-electron chi connectivity index (χ2n) is 5.22. The van der Waals surface area contributed by atoms with E-state index in [1.165, 1.54) is 0 Å². The van der Waals surface area contributed by atoms with Gasteiger partial charge in [0.1, 0.15) is 6.07 Å². The molecule has 0 aromatic carbocycles. The first-order chi connectivity index (χ1) is 9.85. The van der Waals surface area contributed by atoms with Crippen LogP contribution in [0.4, 0.5) is 10.7 Å². The van der Waals surface area contributed by atoms with Crippen LogP contribution in [0.3, 0.4) is 0 Å². The smallest absolute Gasteiger partial charge is 0.331 e. The molecule has 0 unspecified atom stereocenters. The quantitative estimate of drug-likeness (QED) is 0.657. The highest BCUT2D eigenvalue weighted by atomic mass is 32.1. The molecule has 0 atom stereocenters. The van der Waals surface area contributed by atoms with E-state index in [0.29, 0.717) is 12.8 Å². The summed E-state index contributed by atoms with van der Waals surface area (Å²) < 4.78 is 0. The summed E-state index contributed by atoms with van der Waals surface area (Å²) in [5.74, 6) is -1.04. The van der Waals surface area contributed by atoms with E-state index in [0.717, 1.165) is 36.7 Å². The Morgan fingerprint density at radius 3 is 2.33 bits per heavy atom. The van der Waals surface area contributed by atoms with Crippen LogP contribution in [0.25, 0.3) is 0 Å². The van der Waals surface area contributed by atoms with Gasteiger partial charge in [0.15, 0.2) is 0 Å². The summed E-state index contributed by atoms with van der Waals surface area (Å²) >= 11 is 0.739. The van der Waals surface area contributed by atoms with Crippen molar-refractivity contribution in [2.45, 2.75) is 43.9 Å². The molecule has 0 amide bonds. The van der Waals surface area contributed by atoms with E-state index in [-0.39, 0.29) is 22.0 Å². The Labute approximate surface area is 123 Å². The molecule has 1 aliphatic carbocycles. The van der Waals surface area contributed by atoms with Crippen molar-refractivity contribution in [3.05, 3.63) is 31.2 Å². The van der Waals surface area contributed by atoms with Crippen LogP contribution < -0.4 is 0 Å². The SMILES string of the molecule is O=C(O)CC1(c2sc([N+](=O)[O-])cc2[N+](=O)[O-])CCCCC1. The number of nitrogens with zero attached hydrogens (tertiary/aromatic N) is 2. The first kappa shape index (κ1) is 15.4. The maximum Gasteiger partial charge on any atom is 0.331 e. The number of aliphatic carboxylic acids is 1. The molecule has 1 saturated carbocycles. The lowest BCUT2D eigenvalue weighted by atomic mass is 9.70. The van der Waals surface area contributed by atoms with E-state index >= 15 is 0 Å². The molecule has 8 nitrogen and oxygen atoms in total. The Bertz CT molecular complexity index is 591. The molecular weight excluding hydrogens is 300 g/mol. The van der Waals surface area contributed by atoms with Crippen molar-refractivity contribution in [1.82, 2.24) is 0 Å². The average Bonchev–Trinajstić information content (AvgIpc) is 2.85. The van der Waals surface area contributed by atoms with Gasteiger partial charge in [-0.3, -0.25) is 25.0 Å². The maximum atomic E-state index is 11.2. The molecule has 0 spiro atoms. The van der Waals surface area contributed by atoms with E-state index in [4.69, 9.17) is 5.11 Å². The monoisotopic (exact) mass is 314 g/mol. The lowest BCUT2D eigenvalue weighted by Gasteiger charge is -2.34. The van der Waals surface area contributed by atoms with Crippen LogP contribution in [-0.4, -0.2) is 20.9 Å². The largest absolute Gasteiger partial charge is 0.481 e. The second-order valence-corrected chi connectivity index (χ2v) is 6.26. The van der Waals surface area contributed by atoms with Crippen LogP contribution in [0.1, 0.15) is 43.4 Å². The molecule has 0 saturated heterocycles. The minimum atomic E-state index is -1.04. The zero-order valence-electron chi connectivity index (χ0n) is 11.1. The van der Waals surface area contributed by atoms with Gasteiger partial charge < -0.3 is 5.11 Å². The van der Waals surface area contributed by atoms with Crippen molar-refractivity contribution in [2.75, 3.05) is 0 Å². The number of hydrogen-bond acceptors (Lipinski definition) is 6. The third-order valence-corrected chi connectivity index (χ3v) is 5.18. The van der Waals surface area contributed by atoms with Gasteiger partial charge in [0, 0.05) is 5.41 Å². The predicted molar refractivity (Wildman–Crippen MR) is 74.6 cm³/mol. The van der Waals surface area contributed by atoms with E-state index in [1.54, 1.807) is 0 Å². The van der Waals surface area contributed by atoms with E-state index in [2.05, 4.69) is 0 Å². The number of carboxylic acid groups (broad SMARTS) is 1. The molecule has 1 fully saturated rings. The van der Waals surface area contributed by atoms with E-state index < -0.39 is 21.2 Å². The average molecular weight is 314 g/mol. The molecule has 1 heterocycles. The summed E-state index contributed by atoms with van der Waals surface area (Å²) in [6.45, 7) is 0. The molecule has 0 bridgehead atoms. The minimum absolute atomic E-state index is 0.231. The van der Waals surface area contributed by atoms with Gasteiger partial charge in [0.2, 0.25) is 0 Å². The van der Waals surface area contributed by atoms with Crippen LogP contribution in [-0.2, 0) is 10.2 Å².